The van der Waals surface area contributed by atoms with Crippen LogP contribution < -0.4 is 16.8 Å². The first-order valence-corrected chi connectivity index (χ1v) is 16.0. The maximum Gasteiger partial charge on any atom is 0.326 e. The number of hydrogen-bond donors (Lipinski definition) is 4. The van der Waals surface area contributed by atoms with Gasteiger partial charge in [0.05, 0.1) is 49.9 Å². The molecule has 0 fully saturated rings. The Morgan fingerprint density at radius 2 is 1.48 bits per heavy atom. The van der Waals surface area contributed by atoms with Gasteiger partial charge in [0.25, 0.3) is 0 Å². The Bertz CT molecular complexity index is 2120. The normalized spacial score (nSPS) is 14.7. The second kappa shape index (κ2) is 15.9. The first-order valence-electron chi connectivity index (χ1n) is 16.0. The monoisotopic (exact) mass is 716 g/mol. The molecule has 3 aromatic heterocycles. The van der Waals surface area contributed by atoms with Crippen molar-refractivity contribution < 1.29 is 32.6 Å². The van der Waals surface area contributed by atoms with Crippen LogP contribution in [0.5, 0.6) is 0 Å². The molecule has 1 aliphatic rings. The van der Waals surface area contributed by atoms with Gasteiger partial charge in [-0.2, -0.15) is 10.2 Å². The third-order valence-corrected chi connectivity index (χ3v) is 8.18. The maximum absolute atomic E-state index is 14.2. The molecule has 0 spiro atoms. The number of benzene rings is 2. The average Bonchev–Trinajstić information content (AvgIpc) is 3.78. The van der Waals surface area contributed by atoms with Gasteiger partial charge < -0.3 is 31.0 Å². The van der Waals surface area contributed by atoms with Crippen molar-refractivity contribution in [2.45, 2.75) is 45.6 Å². The second-order valence-electron chi connectivity index (χ2n) is 11.8. The Kier molecular flexibility index (Phi) is 11.3. The van der Waals surface area contributed by atoms with E-state index in [2.05, 4.69) is 25.5 Å². The average molecular weight is 717 g/mol. The lowest BCUT2D eigenvalue weighted by molar-refractivity contribution is -0.152. The Hall–Kier alpha value is -6.07. The van der Waals surface area contributed by atoms with Crippen LogP contribution in [0, 0.1) is 17.0 Å². The first-order chi connectivity index (χ1) is 24.9. The van der Waals surface area contributed by atoms with Crippen LogP contribution in [0.25, 0.3) is 11.5 Å². The van der Waals surface area contributed by atoms with Crippen LogP contribution in [0.15, 0.2) is 60.7 Å². The quantitative estimate of drug-likeness (QED) is 0.0635. The molecular formula is C35H38F2N10O5. The topological polar surface area (TPSA) is 211 Å². The molecule has 1 unspecified atom stereocenters. The molecule has 0 aliphatic carbocycles. The number of amidine groups is 1. The van der Waals surface area contributed by atoms with Crippen LogP contribution in [-0.2, 0) is 55.5 Å². The summed E-state index contributed by atoms with van der Waals surface area (Å²) >= 11 is 0. The van der Waals surface area contributed by atoms with E-state index in [4.69, 9.17) is 31.1 Å². The van der Waals surface area contributed by atoms with Gasteiger partial charge in [-0.3, -0.25) is 24.4 Å². The number of nitrogens with zero attached hydrogens (tertiary/aromatic N) is 6. The zero-order valence-corrected chi connectivity index (χ0v) is 28.9. The van der Waals surface area contributed by atoms with Crippen molar-refractivity contribution >= 4 is 29.3 Å². The number of ether oxygens (including phenoxy) is 3. The summed E-state index contributed by atoms with van der Waals surface area (Å²) in [4.78, 5) is 33.8. The fourth-order valence-electron chi connectivity index (χ4n) is 5.52. The first kappa shape index (κ1) is 37.2. The summed E-state index contributed by atoms with van der Waals surface area (Å²) in [5, 5.41) is 18.7. The molecular weight excluding hydrogens is 678 g/mol. The van der Waals surface area contributed by atoms with E-state index in [1.54, 1.807) is 71.9 Å². The van der Waals surface area contributed by atoms with Crippen molar-refractivity contribution in [2.24, 2.45) is 5.73 Å². The highest BCUT2D eigenvalue weighted by atomic mass is 19.1. The Morgan fingerprint density at radius 3 is 2.02 bits per heavy atom. The molecule has 0 bridgehead atoms. The zero-order chi connectivity index (χ0) is 37.6. The molecule has 17 heteroatoms. The van der Waals surface area contributed by atoms with Crippen molar-refractivity contribution in [3.8, 4) is 11.5 Å². The van der Waals surface area contributed by atoms with Crippen molar-refractivity contribution in [2.75, 3.05) is 31.9 Å². The number of halogens is 2. The summed E-state index contributed by atoms with van der Waals surface area (Å²) in [7, 11) is 3.10. The van der Waals surface area contributed by atoms with E-state index in [0.717, 1.165) is 5.69 Å². The summed E-state index contributed by atoms with van der Waals surface area (Å²) in [6.45, 7) is 4.17. The van der Waals surface area contributed by atoms with Crippen molar-refractivity contribution in [3.05, 3.63) is 106 Å². The third kappa shape index (κ3) is 7.64. The van der Waals surface area contributed by atoms with E-state index in [1.165, 1.54) is 26.2 Å². The third-order valence-electron chi connectivity index (χ3n) is 8.18. The molecule has 272 valence electrons. The molecule has 6 rings (SSSR count). The van der Waals surface area contributed by atoms with Gasteiger partial charge in [0.1, 0.15) is 40.5 Å². The standard InChI is InChI=1S/C22H23FN6O4.C13H15FN4O/c1-4-33-21(31)22(2)16-17(24)25-18(26-19(16)27-20(22)30)15-9-13(11-32-3)29(28-15)10-12-7-5-6-8-14(12)23;1-19-8-10-6-12(13(15)16)17-18(10)7-9-4-2-3-5-11(9)14/h5-9H,4,10-11H2,1-3H3,(H3,24,25,26,27,30);2-6H,7-8H2,1H3,(H3,15,16). The van der Waals surface area contributed by atoms with E-state index in [9.17, 15) is 18.4 Å². The van der Waals surface area contributed by atoms with Gasteiger partial charge in [0.2, 0.25) is 5.91 Å². The van der Waals surface area contributed by atoms with E-state index < -0.39 is 17.3 Å². The SMILES string of the molecule is CCOC(=O)C1(C)C(=O)Nc2nc(-c3cc(COC)n(Cc4ccccc4F)n3)nc(N)c21.COCc1cc(C(=N)N)nn1Cc1ccccc1F. The number of rotatable bonds is 12. The summed E-state index contributed by atoms with van der Waals surface area (Å²) in [5.41, 5.74) is 13.2. The molecule has 1 atom stereocenters. The van der Waals surface area contributed by atoms with Crippen LogP contribution >= 0.6 is 0 Å². The van der Waals surface area contributed by atoms with Crippen molar-refractivity contribution in [1.82, 2.24) is 29.5 Å². The lowest BCUT2D eigenvalue weighted by Gasteiger charge is -2.20. The van der Waals surface area contributed by atoms with Gasteiger partial charge in [-0.25, -0.2) is 18.7 Å². The molecule has 0 radical (unpaired) electrons. The molecule has 0 saturated heterocycles. The number of amides is 1. The van der Waals surface area contributed by atoms with E-state index in [0.29, 0.717) is 34.8 Å². The molecule has 52 heavy (non-hydrogen) atoms. The van der Waals surface area contributed by atoms with Crippen LogP contribution in [0.2, 0.25) is 0 Å². The molecule has 15 nitrogen and oxygen atoms in total. The molecule has 2 aromatic carbocycles. The van der Waals surface area contributed by atoms with Gasteiger partial charge in [-0.05, 0) is 38.1 Å². The van der Waals surface area contributed by atoms with Crippen LogP contribution in [0.4, 0.5) is 20.4 Å². The van der Waals surface area contributed by atoms with E-state index in [1.807, 2.05) is 0 Å². The summed E-state index contributed by atoms with van der Waals surface area (Å²) in [6, 6.07) is 16.3. The predicted octanol–water partition coefficient (Wildman–Crippen LogP) is 3.53. The number of hydrogen-bond acceptors (Lipinski definition) is 11. The largest absolute Gasteiger partial charge is 0.465 e. The Labute approximate surface area is 297 Å². The summed E-state index contributed by atoms with van der Waals surface area (Å²) < 4.78 is 46.3. The molecule has 6 N–H and O–H groups in total. The zero-order valence-electron chi connectivity index (χ0n) is 28.9. The smallest absolute Gasteiger partial charge is 0.326 e. The molecule has 0 saturated carbocycles. The molecule has 4 heterocycles. The highest BCUT2D eigenvalue weighted by Crippen LogP contribution is 2.41. The van der Waals surface area contributed by atoms with Crippen molar-refractivity contribution in [3.63, 3.8) is 0 Å². The number of nitrogens with two attached hydrogens (primary N) is 2. The van der Waals surface area contributed by atoms with Gasteiger partial charge >= 0.3 is 5.97 Å². The highest BCUT2D eigenvalue weighted by molar-refractivity contribution is 6.19. The van der Waals surface area contributed by atoms with Crippen LogP contribution in [-0.4, -0.2) is 68.1 Å². The Morgan fingerprint density at radius 1 is 0.923 bits per heavy atom. The van der Waals surface area contributed by atoms with Gasteiger partial charge in [0, 0.05) is 25.3 Å². The van der Waals surface area contributed by atoms with Gasteiger partial charge in [-0.1, -0.05) is 36.4 Å². The minimum absolute atomic E-state index is 0.0409. The number of fused-ring (bicyclic) bond motifs is 1. The van der Waals surface area contributed by atoms with Crippen LogP contribution in [0.1, 0.15) is 47.6 Å². The predicted molar refractivity (Wildman–Crippen MR) is 186 cm³/mol. The maximum atomic E-state index is 14.2. The molecule has 1 aliphatic heterocycles. The summed E-state index contributed by atoms with van der Waals surface area (Å²) in [6.07, 6.45) is 0. The fourth-order valence-corrected chi connectivity index (χ4v) is 5.52. The minimum Gasteiger partial charge on any atom is -0.465 e. The summed E-state index contributed by atoms with van der Waals surface area (Å²) in [5.74, 6) is -1.87. The van der Waals surface area contributed by atoms with Crippen LogP contribution in [0.3, 0.4) is 0 Å². The number of methoxy groups -OCH3 is 2. The van der Waals surface area contributed by atoms with E-state index in [-0.39, 0.29) is 66.8 Å². The second-order valence-corrected chi connectivity index (χ2v) is 11.8. The number of nitrogens with one attached hydrogen (secondary N) is 2. The fraction of sp³-hybridized carbons (Fsp3) is 0.286. The molecule has 1 amide bonds. The Balaban J connectivity index is 0.000000233. The lowest BCUT2D eigenvalue weighted by Crippen LogP contribution is -2.41. The van der Waals surface area contributed by atoms with E-state index >= 15 is 0 Å². The number of anilines is 2. The number of nitrogen functional groups attached to an aromatic ring is 2. The number of aromatic nitrogens is 6. The van der Waals surface area contributed by atoms with Crippen molar-refractivity contribution in [1.29, 1.82) is 5.41 Å². The molecule has 5 aromatic rings. The number of carbonyl (C=O) groups excluding carboxylic acids is 2. The highest BCUT2D eigenvalue weighted by Gasteiger charge is 2.53. The number of esters is 1. The minimum atomic E-state index is -1.65. The van der Waals surface area contributed by atoms with Gasteiger partial charge in [0.15, 0.2) is 11.2 Å². The van der Waals surface area contributed by atoms with Gasteiger partial charge in [-0.15, -0.1) is 0 Å². The number of carbonyl (C=O) groups is 2. The lowest BCUT2D eigenvalue weighted by atomic mass is 9.84.